The minimum absolute atomic E-state index is 0.0467. The molecule has 1 atom stereocenters. The standard InChI is InChI=1S/C13H15N3O.BF4/c1-8(2)13-16-11(12(14)17-13)10-6-4-3-5-9(10)7-15-16;2-1(3,4)5/h3-8,13H,14H2,1-2H3;/q;-1/p+1. The largest absolute Gasteiger partial charge is 0.673 e. The van der Waals surface area contributed by atoms with Gasteiger partial charge in [-0.15, -0.1) is 10.1 Å². The van der Waals surface area contributed by atoms with Crippen LogP contribution in [0.3, 0.4) is 0 Å². The van der Waals surface area contributed by atoms with Gasteiger partial charge in [0.2, 0.25) is 12.1 Å². The number of hydrogen-bond donors (Lipinski definition) is 2. The molecule has 0 radical (unpaired) electrons. The molecule has 120 valence electrons. The summed E-state index contributed by atoms with van der Waals surface area (Å²) in [5.74, 6) is 0.856. The van der Waals surface area contributed by atoms with Gasteiger partial charge in [0.1, 0.15) is 0 Å². The molecule has 0 fully saturated rings. The zero-order chi connectivity index (χ0) is 16.5. The van der Waals surface area contributed by atoms with Crippen molar-refractivity contribution in [1.82, 2.24) is 5.01 Å². The lowest BCUT2D eigenvalue weighted by molar-refractivity contribution is -0.638. The number of rotatable bonds is 1. The van der Waals surface area contributed by atoms with E-state index in [2.05, 4.69) is 31.1 Å². The van der Waals surface area contributed by atoms with Crippen LogP contribution in [0.1, 0.15) is 25.0 Å². The van der Waals surface area contributed by atoms with Crippen LogP contribution in [-0.4, -0.2) is 24.7 Å². The Bertz CT molecular complexity index is 610. The summed E-state index contributed by atoms with van der Waals surface area (Å²) < 4.78 is 44.7. The number of benzene rings is 1. The number of hydrazine groups is 1. The third-order valence-corrected chi connectivity index (χ3v) is 3.12. The monoisotopic (exact) mass is 317 g/mol. The molecule has 0 aromatic heterocycles. The summed E-state index contributed by atoms with van der Waals surface area (Å²) in [7, 11) is -6.00. The number of hydrogen-bond acceptors (Lipinski definition) is 3. The average molecular weight is 317 g/mol. The van der Waals surface area contributed by atoms with E-state index in [1.54, 1.807) is 0 Å². The molecule has 0 aliphatic carbocycles. The summed E-state index contributed by atoms with van der Waals surface area (Å²) in [6.07, 6.45) is 1.94. The van der Waals surface area contributed by atoms with Gasteiger partial charge in [0.25, 0.3) is 0 Å². The van der Waals surface area contributed by atoms with Crippen molar-refractivity contribution in [2.45, 2.75) is 20.1 Å². The predicted octanol–water partition coefficient (Wildman–Crippen LogP) is 1.31. The van der Waals surface area contributed by atoms with Crippen LogP contribution >= 0.6 is 0 Å². The van der Waals surface area contributed by atoms with Crippen molar-refractivity contribution in [3.8, 4) is 0 Å². The minimum Gasteiger partial charge on any atom is -0.448 e. The molecule has 22 heavy (non-hydrogen) atoms. The zero-order valence-electron chi connectivity index (χ0n) is 12.1. The lowest BCUT2D eigenvalue weighted by atomic mass is 10.0. The Hall–Kier alpha value is -2.19. The van der Waals surface area contributed by atoms with Gasteiger partial charge in [-0.05, 0) is 6.07 Å². The fraction of sp³-hybridized carbons (Fsp3) is 0.308. The van der Waals surface area contributed by atoms with E-state index in [4.69, 9.17) is 10.5 Å². The predicted molar refractivity (Wildman–Crippen MR) is 75.4 cm³/mol. The molecule has 0 saturated heterocycles. The molecular weight excluding hydrogens is 301 g/mol. The van der Waals surface area contributed by atoms with Crippen molar-refractivity contribution < 1.29 is 27.1 Å². The van der Waals surface area contributed by atoms with E-state index in [1.165, 1.54) is 0 Å². The lowest BCUT2D eigenvalue weighted by Crippen LogP contribution is -2.83. The molecule has 2 aliphatic heterocycles. The molecule has 2 heterocycles. The van der Waals surface area contributed by atoms with Crippen LogP contribution in [0.2, 0.25) is 0 Å². The van der Waals surface area contributed by atoms with Gasteiger partial charge < -0.3 is 27.7 Å². The van der Waals surface area contributed by atoms with Crippen LogP contribution in [0.25, 0.3) is 5.70 Å². The van der Waals surface area contributed by atoms with Gasteiger partial charge in [0, 0.05) is 11.5 Å². The molecule has 3 rings (SSSR count). The Kier molecular flexibility index (Phi) is 4.34. The maximum absolute atomic E-state index is 9.75. The Morgan fingerprint density at radius 1 is 1.23 bits per heavy atom. The number of nitrogens with one attached hydrogen (secondary N) is 1. The summed E-state index contributed by atoms with van der Waals surface area (Å²) in [5, 5.41) is 5.25. The van der Waals surface area contributed by atoms with Gasteiger partial charge >= 0.3 is 7.25 Å². The van der Waals surface area contributed by atoms with Crippen molar-refractivity contribution in [3.63, 3.8) is 0 Å². The van der Waals surface area contributed by atoms with E-state index in [9.17, 15) is 17.3 Å². The van der Waals surface area contributed by atoms with Crippen LogP contribution in [0.5, 0.6) is 0 Å². The molecule has 0 saturated carbocycles. The molecular formula is C13H16BF4N3O. The Morgan fingerprint density at radius 3 is 2.41 bits per heavy atom. The van der Waals surface area contributed by atoms with Crippen LogP contribution in [-0.2, 0) is 4.74 Å². The van der Waals surface area contributed by atoms with Crippen molar-refractivity contribution in [3.05, 3.63) is 41.3 Å². The van der Waals surface area contributed by atoms with Crippen molar-refractivity contribution >= 4 is 19.2 Å². The second kappa shape index (κ2) is 5.90. The highest BCUT2D eigenvalue weighted by molar-refractivity contribution is 6.50. The Morgan fingerprint density at radius 2 is 1.82 bits per heavy atom. The molecule has 1 aromatic carbocycles. The summed E-state index contributed by atoms with van der Waals surface area (Å²) in [5.41, 5.74) is 9.19. The molecule has 0 amide bonds. The highest BCUT2D eigenvalue weighted by atomic mass is 19.5. The zero-order valence-corrected chi connectivity index (χ0v) is 12.1. The highest BCUT2D eigenvalue weighted by Gasteiger charge is 2.41. The lowest BCUT2D eigenvalue weighted by Gasteiger charge is -2.22. The number of ether oxygens (including phenoxy) is 1. The normalized spacial score (nSPS) is 19.4. The molecule has 9 heteroatoms. The van der Waals surface area contributed by atoms with Gasteiger partial charge in [0.05, 0.1) is 5.56 Å². The fourth-order valence-corrected chi connectivity index (χ4v) is 2.30. The summed E-state index contributed by atoms with van der Waals surface area (Å²) in [6.45, 7) is 4.23. The number of fused-ring (bicyclic) bond motifs is 3. The molecule has 0 bridgehead atoms. The van der Waals surface area contributed by atoms with E-state index < -0.39 is 7.25 Å². The molecule has 0 spiro atoms. The van der Waals surface area contributed by atoms with E-state index in [-0.39, 0.29) is 6.23 Å². The maximum atomic E-state index is 9.75. The quantitative estimate of drug-likeness (QED) is 0.607. The first-order valence-electron chi connectivity index (χ1n) is 6.70. The first kappa shape index (κ1) is 16.2. The third kappa shape index (κ3) is 3.52. The first-order chi connectivity index (χ1) is 10.2. The van der Waals surface area contributed by atoms with Crippen molar-refractivity contribution in [2.75, 3.05) is 0 Å². The molecule has 2 aliphatic rings. The second-order valence-electron chi connectivity index (χ2n) is 5.19. The Balaban J connectivity index is 0.000000309. The minimum atomic E-state index is -6.00. The summed E-state index contributed by atoms with van der Waals surface area (Å²) in [6, 6.07) is 8.15. The number of nitrogens with two attached hydrogens (primary N) is 1. The van der Waals surface area contributed by atoms with Gasteiger partial charge in [-0.1, -0.05) is 32.0 Å². The van der Waals surface area contributed by atoms with Gasteiger partial charge in [0.15, 0.2) is 11.9 Å². The SMILES string of the molecule is CC(C)C1OC(N)=C2c3ccccc3C=[NH+]N21.F[B-](F)(F)F. The van der Waals surface area contributed by atoms with E-state index in [0.717, 1.165) is 16.8 Å². The number of halogens is 4. The van der Waals surface area contributed by atoms with Gasteiger partial charge in [-0.25, -0.2) is 0 Å². The van der Waals surface area contributed by atoms with Crippen molar-refractivity contribution in [1.29, 1.82) is 0 Å². The van der Waals surface area contributed by atoms with Crippen molar-refractivity contribution in [2.24, 2.45) is 11.7 Å². The van der Waals surface area contributed by atoms with Crippen LogP contribution in [0, 0.1) is 5.92 Å². The third-order valence-electron chi connectivity index (χ3n) is 3.12. The second-order valence-corrected chi connectivity index (χ2v) is 5.19. The number of hydrazone groups is 1. The van der Waals surface area contributed by atoms with E-state index >= 15 is 0 Å². The van der Waals surface area contributed by atoms with Gasteiger partial charge in [-0.2, -0.15) is 0 Å². The van der Waals surface area contributed by atoms with Crippen LogP contribution in [0.15, 0.2) is 30.1 Å². The molecule has 1 unspecified atom stereocenters. The summed E-state index contributed by atoms with van der Waals surface area (Å²) >= 11 is 0. The average Bonchev–Trinajstić information content (AvgIpc) is 2.75. The van der Waals surface area contributed by atoms with E-state index in [0.29, 0.717) is 11.8 Å². The topological polar surface area (TPSA) is 52.5 Å². The van der Waals surface area contributed by atoms with Crippen LogP contribution in [0.4, 0.5) is 17.3 Å². The number of nitrogens with zero attached hydrogens (tertiary/aromatic N) is 1. The van der Waals surface area contributed by atoms with E-state index in [1.807, 2.05) is 23.4 Å². The smallest absolute Gasteiger partial charge is 0.448 e. The molecule has 1 aromatic rings. The molecule has 4 nitrogen and oxygen atoms in total. The Labute approximate surface area is 125 Å². The van der Waals surface area contributed by atoms with Crippen LogP contribution < -0.4 is 10.8 Å². The maximum Gasteiger partial charge on any atom is 0.673 e. The summed E-state index contributed by atoms with van der Waals surface area (Å²) in [4.78, 5) is 0. The van der Waals surface area contributed by atoms with Gasteiger partial charge in [-0.3, -0.25) is 0 Å². The molecule has 3 N–H and O–H groups in total. The fourth-order valence-electron chi connectivity index (χ4n) is 2.30. The first-order valence-corrected chi connectivity index (χ1v) is 6.70. The highest BCUT2D eigenvalue weighted by Crippen LogP contribution is 2.32.